The van der Waals surface area contributed by atoms with Gasteiger partial charge in [0.25, 0.3) is 0 Å². The van der Waals surface area contributed by atoms with E-state index in [2.05, 4.69) is 10.4 Å². The van der Waals surface area contributed by atoms with E-state index in [1.807, 2.05) is 36.5 Å². The number of benzene rings is 1. The van der Waals surface area contributed by atoms with Crippen LogP contribution in [0.15, 0.2) is 42.6 Å². The van der Waals surface area contributed by atoms with E-state index in [0.717, 1.165) is 5.69 Å². The Labute approximate surface area is 166 Å². The lowest BCUT2D eigenvalue weighted by Crippen LogP contribution is -2.47. The van der Waals surface area contributed by atoms with Gasteiger partial charge in [-0.1, -0.05) is 18.2 Å². The van der Waals surface area contributed by atoms with Gasteiger partial charge in [0, 0.05) is 12.6 Å². The van der Waals surface area contributed by atoms with E-state index in [4.69, 9.17) is 9.47 Å². The molecule has 1 aromatic heterocycles. The molecule has 7 nitrogen and oxygen atoms in total. The van der Waals surface area contributed by atoms with Crippen LogP contribution in [0, 0.1) is 0 Å². The van der Waals surface area contributed by atoms with Crippen molar-refractivity contribution in [2.45, 2.75) is 65.2 Å². The van der Waals surface area contributed by atoms with Gasteiger partial charge in [0.15, 0.2) is 0 Å². The molecular weight excluding hydrogens is 358 g/mol. The van der Waals surface area contributed by atoms with Crippen LogP contribution in [0.3, 0.4) is 0 Å². The van der Waals surface area contributed by atoms with Crippen LogP contribution < -0.4 is 5.32 Å². The fourth-order valence-electron chi connectivity index (χ4n) is 2.42. The lowest BCUT2D eigenvalue weighted by molar-refractivity contribution is -0.157. The summed E-state index contributed by atoms with van der Waals surface area (Å²) in [4.78, 5) is 24.8. The first kappa shape index (κ1) is 21.5. The summed E-state index contributed by atoms with van der Waals surface area (Å²) in [5, 5.41) is 7.11. The summed E-state index contributed by atoms with van der Waals surface area (Å²) in [7, 11) is 0. The predicted molar refractivity (Wildman–Crippen MR) is 106 cm³/mol. The molecular formula is C21H29N3O4. The molecule has 0 aliphatic heterocycles. The Balaban J connectivity index is 2.16. The highest BCUT2D eigenvalue weighted by molar-refractivity contribution is 5.82. The number of amides is 1. The minimum absolute atomic E-state index is 0.188. The van der Waals surface area contributed by atoms with Crippen LogP contribution >= 0.6 is 0 Å². The molecule has 1 heterocycles. The molecule has 28 heavy (non-hydrogen) atoms. The normalized spacial score (nSPS) is 12.9. The highest BCUT2D eigenvalue weighted by Gasteiger charge is 2.29. The Morgan fingerprint density at radius 2 is 1.61 bits per heavy atom. The van der Waals surface area contributed by atoms with Gasteiger partial charge in [-0.25, -0.2) is 14.3 Å². The van der Waals surface area contributed by atoms with E-state index in [0.29, 0.717) is 5.69 Å². The Hall–Kier alpha value is -2.83. The van der Waals surface area contributed by atoms with Gasteiger partial charge >= 0.3 is 12.1 Å². The smallest absolute Gasteiger partial charge is 0.408 e. The zero-order valence-electron chi connectivity index (χ0n) is 17.4. The molecule has 1 aromatic carbocycles. The van der Waals surface area contributed by atoms with Gasteiger partial charge in [0.05, 0.1) is 11.4 Å². The molecule has 0 aliphatic carbocycles. The van der Waals surface area contributed by atoms with E-state index in [1.54, 1.807) is 52.3 Å². The number of aromatic nitrogens is 2. The zero-order valence-corrected chi connectivity index (χ0v) is 17.4. The van der Waals surface area contributed by atoms with E-state index >= 15 is 0 Å². The van der Waals surface area contributed by atoms with Crippen molar-refractivity contribution in [3.05, 3.63) is 48.3 Å². The van der Waals surface area contributed by atoms with Crippen molar-refractivity contribution in [3.8, 4) is 5.69 Å². The Morgan fingerprint density at radius 1 is 1.00 bits per heavy atom. The quantitative estimate of drug-likeness (QED) is 0.792. The first-order valence-corrected chi connectivity index (χ1v) is 9.25. The van der Waals surface area contributed by atoms with Gasteiger partial charge in [-0.3, -0.25) is 0 Å². The molecule has 0 radical (unpaired) electrons. The SMILES string of the molecule is CC(C)(C)OC(=O)N[C@@H](Cc1ccn(-c2ccccc2)n1)C(=O)OC(C)(C)C. The summed E-state index contributed by atoms with van der Waals surface area (Å²) >= 11 is 0. The van der Waals surface area contributed by atoms with Crippen molar-refractivity contribution in [1.29, 1.82) is 0 Å². The molecule has 0 saturated heterocycles. The topological polar surface area (TPSA) is 82.5 Å². The van der Waals surface area contributed by atoms with Crippen LogP contribution in [-0.2, 0) is 20.7 Å². The number of carbonyl (C=O) groups excluding carboxylic acids is 2. The number of rotatable bonds is 5. The van der Waals surface area contributed by atoms with Gasteiger partial charge in [-0.2, -0.15) is 5.10 Å². The molecule has 1 amide bonds. The van der Waals surface area contributed by atoms with Gasteiger partial charge in [-0.05, 0) is 59.7 Å². The second-order valence-corrected chi connectivity index (χ2v) is 8.52. The number of hydrogen-bond donors (Lipinski definition) is 1. The zero-order chi connectivity index (χ0) is 20.9. The third-order valence-corrected chi connectivity index (χ3v) is 3.46. The summed E-state index contributed by atoms with van der Waals surface area (Å²) in [6.45, 7) is 10.6. The number of nitrogens with zero attached hydrogens (tertiary/aromatic N) is 2. The van der Waals surface area contributed by atoms with Crippen LogP contribution in [0.5, 0.6) is 0 Å². The maximum absolute atomic E-state index is 12.6. The summed E-state index contributed by atoms with van der Waals surface area (Å²) < 4.78 is 12.4. The second kappa shape index (κ2) is 8.46. The number of carbonyl (C=O) groups is 2. The number of para-hydroxylation sites is 1. The number of ether oxygens (including phenoxy) is 2. The molecule has 0 saturated carbocycles. The van der Waals surface area contributed by atoms with Gasteiger partial charge in [0.2, 0.25) is 0 Å². The maximum atomic E-state index is 12.6. The number of esters is 1. The van der Waals surface area contributed by atoms with Crippen molar-refractivity contribution in [2.75, 3.05) is 0 Å². The minimum Gasteiger partial charge on any atom is -0.458 e. The lowest BCUT2D eigenvalue weighted by Gasteiger charge is -2.26. The van der Waals surface area contributed by atoms with Crippen LogP contribution in [0.25, 0.3) is 5.69 Å². The molecule has 7 heteroatoms. The first-order valence-electron chi connectivity index (χ1n) is 9.25. The van der Waals surface area contributed by atoms with Gasteiger partial charge in [0.1, 0.15) is 17.2 Å². The summed E-state index contributed by atoms with van der Waals surface area (Å²) in [6, 6.07) is 10.5. The summed E-state index contributed by atoms with van der Waals surface area (Å²) in [5.74, 6) is -0.535. The predicted octanol–water partition coefficient (Wildman–Crippen LogP) is 3.65. The third-order valence-electron chi connectivity index (χ3n) is 3.46. The van der Waals surface area contributed by atoms with E-state index in [9.17, 15) is 9.59 Å². The van der Waals surface area contributed by atoms with Crippen LogP contribution in [-0.4, -0.2) is 39.1 Å². The van der Waals surface area contributed by atoms with Crippen LogP contribution in [0.4, 0.5) is 4.79 Å². The second-order valence-electron chi connectivity index (χ2n) is 8.52. The van der Waals surface area contributed by atoms with Crippen molar-refractivity contribution in [1.82, 2.24) is 15.1 Å². The highest BCUT2D eigenvalue weighted by atomic mass is 16.6. The number of hydrogen-bond acceptors (Lipinski definition) is 5. The lowest BCUT2D eigenvalue weighted by atomic mass is 10.1. The average molecular weight is 387 g/mol. The van der Waals surface area contributed by atoms with Gasteiger partial charge in [-0.15, -0.1) is 0 Å². The minimum atomic E-state index is -0.909. The molecule has 2 rings (SSSR count). The monoisotopic (exact) mass is 387 g/mol. The molecule has 0 bridgehead atoms. The van der Waals surface area contributed by atoms with E-state index in [1.165, 1.54) is 0 Å². The fraction of sp³-hybridized carbons (Fsp3) is 0.476. The van der Waals surface area contributed by atoms with Crippen LogP contribution in [0.2, 0.25) is 0 Å². The maximum Gasteiger partial charge on any atom is 0.408 e. The Kier molecular flexibility index (Phi) is 6.48. The van der Waals surface area contributed by atoms with Crippen LogP contribution in [0.1, 0.15) is 47.2 Å². The molecule has 0 spiro atoms. The Bertz CT molecular complexity index is 801. The molecule has 1 N–H and O–H groups in total. The molecule has 1 atom stereocenters. The average Bonchev–Trinajstić information content (AvgIpc) is 3.00. The van der Waals surface area contributed by atoms with E-state index < -0.39 is 29.3 Å². The highest BCUT2D eigenvalue weighted by Crippen LogP contribution is 2.14. The van der Waals surface area contributed by atoms with Crippen molar-refractivity contribution in [3.63, 3.8) is 0 Å². The molecule has 2 aromatic rings. The van der Waals surface area contributed by atoms with Gasteiger partial charge < -0.3 is 14.8 Å². The van der Waals surface area contributed by atoms with E-state index in [-0.39, 0.29) is 6.42 Å². The molecule has 0 aliphatic rings. The standard InChI is InChI=1S/C21H29N3O4/c1-20(2,3)27-18(25)17(22-19(26)28-21(4,5)6)14-15-12-13-24(23-15)16-10-8-7-9-11-16/h7-13,17H,14H2,1-6H3,(H,22,26)/t17-/m0/s1. The first-order chi connectivity index (χ1) is 12.9. The fourth-order valence-corrected chi connectivity index (χ4v) is 2.42. The molecule has 152 valence electrons. The summed E-state index contributed by atoms with van der Waals surface area (Å²) in [6.07, 6.45) is 1.32. The van der Waals surface area contributed by atoms with Crippen molar-refractivity contribution < 1.29 is 19.1 Å². The van der Waals surface area contributed by atoms with Crippen molar-refractivity contribution in [2.24, 2.45) is 0 Å². The number of alkyl carbamates (subject to hydrolysis) is 1. The largest absolute Gasteiger partial charge is 0.458 e. The summed E-state index contributed by atoms with van der Waals surface area (Å²) in [5.41, 5.74) is 0.213. The number of nitrogens with one attached hydrogen (secondary N) is 1. The van der Waals surface area contributed by atoms with Crippen molar-refractivity contribution >= 4 is 12.1 Å². The molecule has 0 fully saturated rings. The Morgan fingerprint density at radius 3 is 2.18 bits per heavy atom. The third kappa shape index (κ3) is 7.06. The molecule has 0 unspecified atom stereocenters.